The molecule has 1 aliphatic rings. The second-order valence-electron chi connectivity index (χ2n) is 3.74. The van der Waals surface area contributed by atoms with E-state index in [0.717, 1.165) is 0 Å². The summed E-state index contributed by atoms with van der Waals surface area (Å²) in [7, 11) is 1.74. The van der Waals surface area contributed by atoms with Crippen molar-refractivity contribution in [3.63, 3.8) is 0 Å². The van der Waals surface area contributed by atoms with Crippen molar-refractivity contribution in [3.8, 4) is 0 Å². The standard InChI is InChI=1S/C9H15N3O2/c1-3-14-7-4-9(13,5-7)8-6-10-12(2)11-8/h6-7,13H,3-5H2,1-2H3. The smallest absolute Gasteiger partial charge is 0.115 e. The number of hydrogen-bond acceptors (Lipinski definition) is 4. The van der Waals surface area contributed by atoms with Gasteiger partial charge in [0.05, 0.1) is 12.3 Å². The number of aliphatic hydroxyl groups is 1. The first kappa shape index (κ1) is 9.61. The summed E-state index contributed by atoms with van der Waals surface area (Å²) in [6.07, 6.45) is 3.04. The van der Waals surface area contributed by atoms with E-state index in [2.05, 4.69) is 10.2 Å². The van der Waals surface area contributed by atoms with Gasteiger partial charge in [0.25, 0.3) is 0 Å². The highest BCUT2D eigenvalue weighted by molar-refractivity contribution is 5.13. The van der Waals surface area contributed by atoms with E-state index in [0.29, 0.717) is 25.1 Å². The first-order chi connectivity index (χ1) is 6.64. The summed E-state index contributed by atoms with van der Waals surface area (Å²) in [5.74, 6) is 0. The maximum atomic E-state index is 10.1. The van der Waals surface area contributed by atoms with Crippen molar-refractivity contribution in [2.24, 2.45) is 7.05 Å². The van der Waals surface area contributed by atoms with Gasteiger partial charge < -0.3 is 9.84 Å². The van der Waals surface area contributed by atoms with Crippen molar-refractivity contribution in [2.45, 2.75) is 31.5 Å². The SMILES string of the molecule is CCOC1CC(O)(c2cnn(C)n2)C1. The van der Waals surface area contributed by atoms with Crippen LogP contribution in [0.15, 0.2) is 6.20 Å². The van der Waals surface area contributed by atoms with E-state index in [-0.39, 0.29) is 6.10 Å². The molecule has 1 aromatic heterocycles. The maximum Gasteiger partial charge on any atom is 0.115 e. The third-order valence-electron chi connectivity index (χ3n) is 2.61. The second-order valence-corrected chi connectivity index (χ2v) is 3.74. The lowest BCUT2D eigenvalue weighted by Gasteiger charge is -2.41. The molecule has 0 bridgehead atoms. The van der Waals surface area contributed by atoms with E-state index in [1.165, 1.54) is 4.80 Å². The summed E-state index contributed by atoms with van der Waals surface area (Å²) >= 11 is 0. The Balaban J connectivity index is 2.00. The van der Waals surface area contributed by atoms with Crippen LogP contribution >= 0.6 is 0 Å². The van der Waals surface area contributed by atoms with Gasteiger partial charge in [0.15, 0.2) is 0 Å². The molecule has 0 unspecified atom stereocenters. The lowest BCUT2D eigenvalue weighted by Crippen LogP contribution is -2.46. The fourth-order valence-electron chi connectivity index (χ4n) is 1.82. The average Bonchev–Trinajstić information content (AvgIpc) is 2.49. The lowest BCUT2D eigenvalue weighted by molar-refractivity contribution is -0.145. The first-order valence-electron chi connectivity index (χ1n) is 4.85. The number of nitrogens with zero attached hydrogens (tertiary/aromatic N) is 3. The van der Waals surface area contributed by atoms with E-state index in [9.17, 15) is 5.11 Å². The van der Waals surface area contributed by atoms with Crippen LogP contribution in [0.25, 0.3) is 0 Å². The van der Waals surface area contributed by atoms with Gasteiger partial charge in [-0.3, -0.25) is 0 Å². The number of rotatable bonds is 3. The zero-order valence-electron chi connectivity index (χ0n) is 8.47. The molecule has 0 aromatic carbocycles. The van der Waals surface area contributed by atoms with Gasteiger partial charge in [0.1, 0.15) is 11.3 Å². The van der Waals surface area contributed by atoms with Crippen LogP contribution < -0.4 is 0 Å². The summed E-state index contributed by atoms with van der Waals surface area (Å²) in [6, 6.07) is 0. The minimum atomic E-state index is -0.811. The molecular formula is C9H15N3O2. The van der Waals surface area contributed by atoms with Crippen LogP contribution in [0.1, 0.15) is 25.5 Å². The molecule has 1 aliphatic carbocycles. The van der Waals surface area contributed by atoms with Gasteiger partial charge in [-0.1, -0.05) is 0 Å². The monoisotopic (exact) mass is 197 g/mol. The molecule has 1 aromatic rings. The van der Waals surface area contributed by atoms with E-state index in [1.54, 1.807) is 13.2 Å². The second kappa shape index (κ2) is 3.33. The van der Waals surface area contributed by atoms with Crippen LogP contribution in [0.2, 0.25) is 0 Å². The number of aryl methyl sites for hydroxylation is 1. The van der Waals surface area contributed by atoms with Crippen LogP contribution in [-0.4, -0.2) is 32.8 Å². The maximum absolute atomic E-state index is 10.1. The molecule has 0 radical (unpaired) electrons. The van der Waals surface area contributed by atoms with Crippen LogP contribution in [0.3, 0.4) is 0 Å². The first-order valence-corrected chi connectivity index (χ1v) is 4.85. The van der Waals surface area contributed by atoms with E-state index < -0.39 is 5.60 Å². The number of aromatic nitrogens is 3. The van der Waals surface area contributed by atoms with Gasteiger partial charge in [0.2, 0.25) is 0 Å². The van der Waals surface area contributed by atoms with Gasteiger partial charge >= 0.3 is 0 Å². The summed E-state index contributed by atoms with van der Waals surface area (Å²) in [5, 5.41) is 18.1. The highest BCUT2D eigenvalue weighted by Crippen LogP contribution is 2.41. The minimum Gasteiger partial charge on any atom is -0.383 e. The molecule has 1 N–H and O–H groups in total. The molecule has 5 nitrogen and oxygen atoms in total. The molecule has 5 heteroatoms. The van der Waals surface area contributed by atoms with E-state index >= 15 is 0 Å². The highest BCUT2D eigenvalue weighted by atomic mass is 16.5. The van der Waals surface area contributed by atoms with Crippen molar-refractivity contribution >= 4 is 0 Å². The Morgan fingerprint density at radius 3 is 2.93 bits per heavy atom. The third kappa shape index (κ3) is 1.53. The van der Waals surface area contributed by atoms with Gasteiger partial charge in [-0.05, 0) is 6.92 Å². The van der Waals surface area contributed by atoms with Crippen LogP contribution in [0.4, 0.5) is 0 Å². The topological polar surface area (TPSA) is 60.2 Å². The predicted octanol–water partition coefficient (Wildman–Crippen LogP) is 0.202. The van der Waals surface area contributed by atoms with Crippen LogP contribution in [-0.2, 0) is 17.4 Å². The zero-order chi connectivity index (χ0) is 10.2. The van der Waals surface area contributed by atoms with Crippen molar-refractivity contribution < 1.29 is 9.84 Å². The lowest BCUT2D eigenvalue weighted by atomic mass is 9.75. The van der Waals surface area contributed by atoms with Crippen LogP contribution in [0, 0.1) is 0 Å². The van der Waals surface area contributed by atoms with E-state index in [4.69, 9.17) is 4.74 Å². The number of ether oxygens (including phenoxy) is 1. The molecule has 0 amide bonds. The summed E-state index contributed by atoms with van der Waals surface area (Å²) in [5.41, 5.74) is -0.162. The molecule has 1 fully saturated rings. The molecule has 2 rings (SSSR count). The van der Waals surface area contributed by atoms with Gasteiger partial charge in [-0.25, -0.2) is 0 Å². The molecule has 0 atom stereocenters. The average molecular weight is 197 g/mol. The molecule has 14 heavy (non-hydrogen) atoms. The summed E-state index contributed by atoms with van der Waals surface area (Å²) in [4.78, 5) is 1.46. The quantitative estimate of drug-likeness (QED) is 0.752. The molecular weight excluding hydrogens is 182 g/mol. The Morgan fingerprint density at radius 1 is 1.71 bits per heavy atom. The normalized spacial score (nSPS) is 31.5. The largest absolute Gasteiger partial charge is 0.383 e. The Hall–Kier alpha value is -0.940. The predicted molar refractivity (Wildman–Crippen MR) is 49.5 cm³/mol. The van der Waals surface area contributed by atoms with E-state index in [1.807, 2.05) is 6.92 Å². The van der Waals surface area contributed by atoms with Crippen molar-refractivity contribution in [3.05, 3.63) is 11.9 Å². The Morgan fingerprint density at radius 2 is 2.43 bits per heavy atom. The van der Waals surface area contributed by atoms with Gasteiger partial charge in [-0.15, -0.1) is 0 Å². The molecule has 0 spiro atoms. The van der Waals surface area contributed by atoms with Crippen molar-refractivity contribution in [2.75, 3.05) is 6.61 Å². The Bertz CT molecular complexity index is 318. The fraction of sp³-hybridized carbons (Fsp3) is 0.778. The van der Waals surface area contributed by atoms with Crippen molar-refractivity contribution in [1.29, 1.82) is 0 Å². The molecule has 1 saturated carbocycles. The molecule has 0 aliphatic heterocycles. The third-order valence-corrected chi connectivity index (χ3v) is 2.61. The molecule has 78 valence electrons. The summed E-state index contributed by atoms with van der Waals surface area (Å²) < 4.78 is 5.39. The van der Waals surface area contributed by atoms with Crippen LogP contribution in [0.5, 0.6) is 0 Å². The number of hydrogen-bond donors (Lipinski definition) is 1. The minimum absolute atomic E-state index is 0.173. The van der Waals surface area contributed by atoms with Gasteiger partial charge in [-0.2, -0.15) is 15.0 Å². The fourth-order valence-corrected chi connectivity index (χ4v) is 1.82. The Kier molecular flexibility index (Phi) is 2.28. The molecule has 1 heterocycles. The summed E-state index contributed by atoms with van der Waals surface area (Å²) in [6.45, 7) is 2.65. The van der Waals surface area contributed by atoms with Gasteiger partial charge in [0, 0.05) is 26.5 Å². The highest BCUT2D eigenvalue weighted by Gasteiger charge is 2.46. The molecule has 0 saturated heterocycles. The Labute approximate surface area is 82.7 Å². The zero-order valence-corrected chi connectivity index (χ0v) is 8.47. The van der Waals surface area contributed by atoms with Crippen molar-refractivity contribution in [1.82, 2.24) is 15.0 Å².